The number of hydrogen-bond acceptors (Lipinski definition) is 1. The molecule has 0 saturated heterocycles. The molecule has 0 heterocycles. The molecule has 15 heavy (non-hydrogen) atoms. The normalized spacial score (nSPS) is 8.87. The smallest absolute Gasteiger partial charge is 0.206 e. The van der Waals surface area contributed by atoms with Gasteiger partial charge in [0.15, 0.2) is 0 Å². The number of rotatable bonds is 3. The molecule has 76 valence electrons. The number of allylic oxidation sites excluding steroid dienone is 1. The summed E-state index contributed by atoms with van der Waals surface area (Å²) in [5, 5.41) is 0. The second-order valence-corrected chi connectivity index (χ2v) is 3.37. The number of Topliss-reactive ketones (excluding diaryl/α,β-unsaturated/α-hetero) is 1. The van der Waals surface area contributed by atoms with Gasteiger partial charge in [-0.1, -0.05) is 29.7 Å². The number of carbonyl (C=O) groups excluding carboxylic acids is 1. The Labute approximate surface area is 90.8 Å². The van der Waals surface area contributed by atoms with Crippen LogP contribution in [-0.4, -0.2) is 5.78 Å². The van der Waals surface area contributed by atoms with Crippen molar-refractivity contribution in [2.75, 3.05) is 0 Å². The first kappa shape index (κ1) is 11.3. The molecule has 0 aliphatic carbocycles. The molecule has 0 unspecified atom stereocenters. The topological polar surface area (TPSA) is 17.1 Å². The van der Waals surface area contributed by atoms with Crippen molar-refractivity contribution < 1.29 is 4.79 Å². The van der Waals surface area contributed by atoms with Gasteiger partial charge >= 0.3 is 0 Å². The van der Waals surface area contributed by atoms with Gasteiger partial charge < -0.3 is 0 Å². The van der Waals surface area contributed by atoms with Crippen LogP contribution in [0.2, 0.25) is 0 Å². The van der Waals surface area contributed by atoms with Crippen LogP contribution in [0.3, 0.4) is 0 Å². The van der Waals surface area contributed by atoms with Crippen LogP contribution in [0, 0.1) is 18.8 Å². The molecule has 0 aliphatic rings. The monoisotopic (exact) mass is 198 g/mol. The van der Waals surface area contributed by atoms with Crippen LogP contribution in [0.4, 0.5) is 0 Å². The van der Waals surface area contributed by atoms with Gasteiger partial charge in [-0.05, 0) is 31.4 Å². The van der Waals surface area contributed by atoms with E-state index < -0.39 is 0 Å². The Morgan fingerprint density at radius 1 is 1.40 bits per heavy atom. The average molecular weight is 198 g/mol. The lowest BCUT2D eigenvalue weighted by atomic mass is 10.1. The Bertz CT molecular complexity index is 401. The maximum Gasteiger partial charge on any atom is 0.206 e. The largest absolute Gasteiger partial charge is 0.285 e. The van der Waals surface area contributed by atoms with Gasteiger partial charge in [-0.3, -0.25) is 4.79 Å². The van der Waals surface area contributed by atoms with E-state index >= 15 is 0 Å². The summed E-state index contributed by atoms with van der Waals surface area (Å²) in [6.07, 6.45) is 2.88. The molecule has 0 saturated carbocycles. The fourth-order valence-electron chi connectivity index (χ4n) is 1.07. The first-order chi connectivity index (χ1) is 7.22. The SMILES string of the molecule is C=CCCC(=O)C#Cc1ccc(C)cc1. The van der Waals surface area contributed by atoms with Crippen molar-refractivity contribution in [1.82, 2.24) is 0 Å². The molecule has 0 bridgehead atoms. The van der Waals surface area contributed by atoms with Crippen molar-refractivity contribution in [2.45, 2.75) is 19.8 Å². The van der Waals surface area contributed by atoms with Crippen LogP contribution in [-0.2, 0) is 4.79 Å². The van der Waals surface area contributed by atoms with Crippen LogP contribution in [0.15, 0.2) is 36.9 Å². The highest BCUT2D eigenvalue weighted by Gasteiger charge is 1.93. The molecule has 1 aromatic carbocycles. The van der Waals surface area contributed by atoms with E-state index in [1.54, 1.807) is 6.08 Å². The lowest BCUT2D eigenvalue weighted by Crippen LogP contribution is -1.91. The zero-order valence-corrected chi connectivity index (χ0v) is 8.92. The molecule has 1 heteroatoms. The molecule has 0 aliphatic heterocycles. The van der Waals surface area contributed by atoms with Gasteiger partial charge in [0.1, 0.15) is 0 Å². The van der Waals surface area contributed by atoms with Crippen LogP contribution in [0.25, 0.3) is 0 Å². The highest BCUT2D eigenvalue weighted by molar-refractivity contribution is 5.96. The summed E-state index contributed by atoms with van der Waals surface area (Å²) >= 11 is 0. The van der Waals surface area contributed by atoms with E-state index in [1.165, 1.54) is 5.56 Å². The quantitative estimate of drug-likeness (QED) is 0.539. The number of hydrogen-bond donors (Lipinski definition) is 0. The zero-order valence-electron chi connectivity index (χ0n) is 8.92. The third-order valence-electron chi connectivity index (χ3n) is 1.97. The van der Waals surface area contributed by atoms with Crippen molar-refractivity contribution >= 4 is 5.78 Å². The lowest BCUT2D eigenvalue weighted by Gasteiger charge is -1.91. The van der Waals surface area contributed by atoms with Crippen LogP contribution in [0.5, 0.6) is 0 Å². The maximum atomic E-state index is 11.2. The van der Waals surface area contributed by atoms with Gasteiger partial charge in [-0.25, -0.2) is 0 Å². The molecular weight excluding hydrogens is 184 g/mol. The van der Waals surface area contributed by atoms with E-state index in [9.17, 15) is 4.79 Å². The van der Waals surface area contributed by atoms with E-state index in [1.807, 2.05) is 31.2 Å². The van der Waals surface area contributed by atoms with Gasteiger partial charge in [0.25, 0.3) is 0 Å². The Hall–Kier alpha value is -1.81. The molecule has 0 spiro atoms. The van der Waals surface area contributed by atoms with Crippen LogP contribution < -0.4 is 0 Å². The lowest BCUT2D eigenvalue weighted by molar-refractivity contribution is -0.113. The Morgan fingerprint density at radius 2 is 2.07 bits per heavy atom. The minimum absolute atomic E-state index is 0.0320. The predicted octanol–water partition coefficient (Wildman–Crippen LogP) is 2.88. The Morgan fingerprint density at radius 3 is 2.67 bits per heavy atom. The van der Waals surface area contributed by atoms with Gasteiger partial charge in [-0.15, -0.1) is 6.58 Å². The summed E-state index contributed by atoms with van der Waals surface area (Å²) in [6, 6.07) is 7.81. The standard InChI is InChI=1S/C14H14O/c1-3-4-5-14(15)11-10-13-8-6-12(2)7-9-13/h3,6-9H,1,4-5H2,2H3. The molecule has 0 radical (unpaired) electrons. The number of ketones is 1. The summed E-state index contributed by atoms with van der Waals surface area (Å²) in [5.41, 5.74) is 2.08. The summed E-state index contributed by atoms with van der Waals surface area (Å²) in [5.74, 6) is 5.43. The van der Waals surface area contributed by atoms with Gasteiger partial charge in [0.2, 0.25) is 5.78 Å². The van der Waals surface area contributed by atoms with Crippen molar-refractivity contribution in [1.29, 1.82) is 0 Å². The molecule has 1 aromatic rings. The van der Waals surface area contributed by atoms with E-state index in [0.717, 1.165) is 5.56 Å². The van der Waals surface area contributed by atoms with Gasteiger partial charge in [0.05, 0.1) is 0 Å². The second kappa shape index (κ2) is 5.82. The Kier molecular flexibility index (Phi) is 4.37. The molecule has 1 rings (SSSR count). The van der Waals surface area contributed by atoms with Crippen LogP contribution >= 0.6 is 0 Å². The summed E-state index contributed by atoms with van der Waals surface area (Å²) in [4.78, 5) is 11.2. The molecule has 0 aromatic heterocycles. The molecule has 0 N–H and O–H groups in total. The zero-order chi connectivity index (χ0) is 11.1. The minimum atomic E-state index is -0.0320. The fraction of sp³-hybridized carbons (Fsp3) is 0.214. The number of aryl methyl sites for hydroxylation is 1. The third kappa shape index (κ3) is 4.28. The van der Waals surface area contributed by atoms with Crippen molar-refractivity contribution in [2.24, 2.45) is 0 Å². The molecule has 1 nitrogen and oxygen atoms in total. The fourth-order valence-corrected chi connectivity index (χ4v) is 1.07. The Balaban J connectivity index is 2.61. The van der Waals surface area contributed by atoms with E-state index in [4.69, 9.17) is 0 Å². The molecule has 0 fully saturated rings. The van der Waals surface area contributed by atoms with Gasteiger partial charge in [0, 0.05) is 12.0 Å². The van der Waals surface area contributed by atoms with Crippen molar-refractivity contribution in [3.05, 3.63) is 48.0 Å². The summed E-state index contributed by atoms with van der Waals surface area (Å²) < 4.78 is 0. The van der Waals surface area contributed by atoms with Crippen LogP contribution in [0.1, 0.15) is 24.0 Å². The number of carbonyl (C=O) groups is 1. The molecule has 0 amide bonds. The minimum Gasteiger partial charge on any atom is -0.285 e. The summed E-state index contributed by atoms with van der Waals surface area (Å²) in [6.45, 7) is 5.58. The number of benzene rings is 1. The van der Waals surface area contributed by atoms with E-state index in [0.29, 0.717) is 12.8 Å². The third-order valence-corrected chi connectivity index (χ3v) is 1.97. The summed E-state index contributed by atoms with van der Waals surface area (Å²) in [7, 11) is 0. The predicted molar refractivity (Wildman–Crippen MR) is 62.5 cm³/mol. The second-order valence-electron chi connectivity index (χ2n) is 3.37. The van der Waals surface area contributed by atoms with E-state index in [2.05, 4.69) is 18.4 Å². The van der Waals surface area contributed by atoms with E-state index in [-0.39, 0.29) is 5.78 Å². The maximum absolute atomic E-state index is 11.2. The van der Waals surface area contributed by atoms with Crippen molar-refractivity contribution in [3.8, 4) is 11.8 Å². The van der Waals surface area contributed by atoms with Crippen molar-refractivity contribution in [3.63, 3.8) is 0 Å². The highest BCUT2D eigenvalue weighted by Crippen LogP contribution is 2.01. The molecular formula is C14H14O. The first-order valence-corrected chi connectivity index (χ1v) is 4.95. The van der Waals surface area contributed by atoms with Gasteiger partial charge in [-0.2, -0.15) is 0 Å². The molecule has 0 atom stereocenters. The highest BCUT2D eigenvalue weighted by atomic mass is 16.1. The average Bonchev–Trinajstić information content (AvgIpc) is 2.25. The first-order valence-electron chi connectivity index (χ1n) is 4.95.